The number of aliphatic hydroxyl groups is 24. The molecule has 41 nitrogen and oxygen atoms in total. The lowest BCUT2D eigenvalue weighted by Gasteiger charge is -2.71. The molecule has 0 aromatic rings. The minimum absolute atomic E-state index is 0.0418. The lowest BCUT2D eigenvalue weighted by molar-refractivity contribution is -0.394. The van der Waals surface area contributed by atoms with Crippen LogP contribution in [0.2, 0.25) is 0 Å². The van der Waals surface area contributed by atoms with E-state index in [1.54, 1.807) is 6.92 Å². The molecule has 8 saturated heterocycles. The third-order valence-corrected chi connectivity index (χ3v) is 29.9. The Kier molecular flexibility index (Phi) is 28.8. The number of esters is 1. The number of hydrogen-bond acceptors (Lipinski definition) is 41. The first-order chi connectivity index (χ1) is 56.0. The maximum absolute atomic E-state index is 15.5. The summed E-state index contributed by atoms with van der Waals surface area (Å²) in [5.41, 5.74) is -2.50. The van der Waals surface area contributed by atoms with Crippen LogP contribution in [-0.2, 0) is 80.6 Å². The molecule has 8 heterocycles. The fourth-order valence-corrected chi connectivity index (χ4v) is 22.3. The van der Waals surface area contributed by atoms with Crippen LogP contribution in [0.4, 0.5) is 0 Å². The highest BCUT2D eigenvalue weighted by Gasteiger charge is 2.72. The molecule has 0 unspecified atom stereocenters. The Morgan fingerprint density at radius 1 is 0.361 bits per heavy atom. The zero-order valence-electron chi connectivity index (χ0n) is 68.0. The van der Waals surface area contributed by atoms with Gasteiger partial charge in [0.15, 0.2) is 44.0 Å². The van der Waals surface area contributed by atoms with Crippen LogP contribution in [0.5, 0.6) is 0 Å². The van der Waals surface area contributed by atoms with Crippen LogP contribution in [0, 0.1) is 50.2 Å². The maximum Gasteiger partial charge on any atom is 0.315 e. The Bertz CT molecular complexity index is 3400. The summed E-state index contributed by atoms with van der Waals surface area (Å²) in [4.78, 5) is 15.5. The van der Waals surface area contributed by atoms with Crippen molar-refractivity contribution in [2.75, 3.05) is 39.6 Å². The van der Waals surface area contributed by atoms with Gasteiger partial charge in [-0.15, -0.1) is 0 Å². The zero-order valence-corrected chi connectivity index (χ0v) is 68.0. The van der Waals surface area contributed by atoms with Gasteiger partial charge in [-0.3, -0.25) is 4.79 Å². The topological polar surface area (TPSA) is 650 Å². The number of aliphatic hydroxyl groups excluding tert-OH is 24. The molecule has 13 aliphatic rings. The van der Waals surface area contributed by atoms with Gasteiger partial charge in [0, 0.05) is 5.41 Å². The minimum Gasteiger partial charge on any atom is -0.432 e. The van der Waals surface area contributed by atoms with Crippen molar-refractivity contribution in [1.82, 2.24) is 0 Å². The van der Waals surface area contributed by atoms with E-state index in [4.69, 9.17) is 75.8 Å². The highest BCUT2D eigenvalue weighted by atomic mass is 16.8. The fourth-order valence-electron chi connectivity index (χ4n) is 22.3. The van der Waals surface area contributed by atoms with E-state index in [1.165, 1.54) is 13.8 Å². The quantitative estimate of drug-likeness (QED) is 0.0272. The van der Waals surface area contributed by atoms with Crippen molar-refractivity contribution in [3.63, 3.8) is 0 Å². The van der Waals surface area contributed by atoms with Crippen molar-refractivity contribution < 1.29 is 203 Å². The molecule has 8 aliphatic heterocycles. The van der Waals surface area contributed by atoms with Crippen LogP contribution in [0.15, 0.2) is 11.6 Å². The number of allylic oxidation sites excluding steroid dienone is 2. The molecule has 0 aromatic heterocycles. The molecule has 24 N–H and O–H groups in total. The van der Waals surface area contributed by atoms with Gasteiger partial charge in [-0.1, -0.05) is 53.2 Å². The first-order valence-electron chi connectivity index (χ1n) is 41.6. The first kappa shape index (κ1) is 94.3. The number of ether oxygens (including phenoxy) is 16. The highest BCUT2D eigenvalue weighted by Crippen LogP contribution is 2.76. The third kappa shape index (κ3) is 16.6. The molecular formula is C78H128O41. The van der Waals surface area contributed by atoms with E-state index in [0.717, 1.165) is 5.57 Å². The molecule has 0 amide bonds. The summed E-state index contributed by atoms with van der Waals surface area (Å²) in [5.74, 6) is -1.17. The summed E-state index contributed by atoms with van der Waals surface area (Å²) in [6, 6.07) is 0. The van der Waals surface area contributed by atoms with Gasteiger partial charge in [-0.25, -0.2) is 0 Å². The molecular weight excluding hydrogens is 1590 g/mol. The van der Waals surface area contributed by atoms with E-state index in [1.807, 2.05) is 6.92 Å². The maximum atomic E-state index is 15.5. The highest BCUT2D eigenvalue weighted by molar-refractivity contribution is 5.79. The second-order valence-electron chi connectivity index (χ2n) is 37.3. The molecule has 49 atom stereocenters. The smallest absolute Gasteiger partial charge is 0.315 e. The second kappa shape index (κ2) is 36.3. The van der Waals surface area contributed by atoms with Crippen molar-refractivity contribution in [2.45, 2.75) is 378 Å². The van der Waals surface area contributed by atoms with Crippen LogP contribution >= 0.6 is 0 Å². The molecule has 4 saturated carbocycles. The average molecular weight is 1720 g/mol. The van der Waals surface area contributed by atoms with Crippen LogP contribution in [-0.4, -0.2) is 420 Å². The van der Waals surface area contributed by atoms with Gasteiger partial charge < -0.3 is 198 Å². The summed E-state index contributed by atoms with van der Waals surface area (Å²) in [7, 11) is 0. The zero-order chi connectivity index (χ0) is 86.9. The van der Waals surface area contributed by atoms with E-state index in [2.05, 4.69) is 40.7 Å². The SMILES string of the molecule is C[C@@H]1O[C@@H](O[C@H]2[C@H](O)[C@@H](O)[C@H](O[C@H]3[C@H](O)[C@@H](O)[C@H](O[C@@H]4[C@@H](O)[C@@H](O)[C@H](O[C@H]5[C@H](O)[C@@H](O)[C@H](O[C@H]6[C@H](O)[C@@H](O)[C@H](OC(=O)[C@]78CCC(C)(C)C[C@H]7C7=CC[C@@H]9[C@@]%10(C)CC[C@H](O[C@@H]%11O[C@@H](C)[C@H](O)[C@@H](O)[C@H]%11O[C@@H]%11O[C@H](CO)[C@@H](O)[C@H](O)[C@H]%11O)[C@@](C)(CO)[C@@H]%10CC[C@@]9(C)[C@]7(C)CC8)O[C@@H]6CO)O[C@@H]5CO)O[C@H]4C)O[C@@H]3CO)O[C@@H]2CO)[C@H](O)[C@H](O)[C@H]1O. The van der Waals surface area contributed by atoms with Crippen molar-refractivity contribution in [1.29, 1.82) is 0 Å². The Balaban J connectivity index is 0.625. The van der Waals surface area contributed by atoms with Gasteiger partial charge >= 0.3 is 5.97 Å². The van der Waals surface area contributed by atoms with E-state index in [-0.39, 0.29) is 35.2 Å². The summed E-state index contributed by atoms with van der Waals surface area (Å²) < 4.78 is 94.9. The third-order valence-electron chi connectivity index (χ3n) is 29.9. The predicted octanol–water partition coefficient (Wildman–Crippen LogP) is -8.68. The molecule has 0 aromatic carbocycles. The van der Waals surface area contributed by atoms with Crippen LogP contribution in [0.3, 0.4) is 0 Å². The Labute approximate surface area is 686 Å². The molecule has 686 valence electrons. The standard InChI is InChI=1S/C78H128O41/c1-27-40(85)43(88)51(96)64(104-27)114-59-33(22-80)109-68(55(100)48(59)93)116-61-35(24-82)108-67(54(99)47(61)92)113-58-29(3)106-65(53(98)46(58)91)115-60-34(23-81)110-69(56(101)49(60)94)117-62-36(25-83)111-70(57(102)50(62)95)119-72(103)78-18-16-73(4,5)20-31(78)30-10-11-38-74(6)14-13-39(75(7,26-84)37(74)12-15-77(38,9)76(30,8)17-19-78)112-71-63(45(90)41(86)28(2)105-71)118-66-52(97)44(89)42(87)32(21-79)107-66/h10,27-29,31-71,79-102H,11-26H2,1-9H3/t27-,28-,29-,31-,32+,33+,34+,35+,36+,37+,38+,39-,40-,41-,42+,43+,44-,45+,46-,47+,48+,49+,50+,51+,52+,53+,54+,55+,56+,57+,58-,59+,60+,61+,62+,63+,64-,65-,66-,67-,68-,69-,70-,71-,74-,75-,76+,77+,78-/m0/s1. The number of carbonyl (C=O) groups excluding carboxylic acids is 1. The van der Waals surface area contributed by atoms with Crippen molar-refractivity contribution in [3.8, 4) is 0 Å². The summed E-state index contributed by atoms with van der Waals surface area (Å²) in [5, 5.41) is 265. The Morgan fingerprint density at radius 2 is 0.731 bits per heavy atom. The van der Waals surface area contributed by atoms with E-state index < -0.39 is 312 Å². The minimum atomic E-state index is -2.16. The molecule has 41 heteroatoms. The molecule has 12 fully saturated rings. The lowest BCUT2D eigenvalue weighted by atomic mass is 9.33. The van der Waals surface area contributed by atoms with Gasteiger partial charge in [-0.2, -0.15) is 0 Å². The van der Waals surface area contributed by atoms with E-state index >= 15 is 4.79 Å². The van der Waals surface area contributed by atoms with E-state index in [0.29, 0.717) is 64.2 Å². The molecule has 0 bridgehead atoms. The van der Waals surface area contributed by atoms with Crippen molar-refractivity contribution in [3.05, 3.63) is 11.6 Å². The van der Waals surface area contributed by atoms with Crippen LogP contribution in [0.25, 0.3) is 0 Å². The second-order valence-corrected chi connectivity index (χ2v) is 37.3. The average Bonchev–Trinajstić information content (AvgIpc) is 0.672. The Morgan fingerprint density at radius 3 is 1.20 bits per heavy atom. The fraction of sp³-hybridized carbons (Fsp3) is 0.962. The van der Waals surface area contributed by atoms with Gasteiger partial charge in [0.1, 0.15) is 177 Å². The van der Waals surface area contributed by atoms with Crippen molar-refractivity contribution >= 4 is 5.97 Å². The molecule has 119 heavy (non-hydrogen) atoms. The van der Waals surface area contributed by atoms with Crippen molar-refractivity contribution in [2.24, 2.45) is 50.2 Å². The summed E-state index contributed by atoms with van der Waals surface area (Å²) in [6.07, 6.45) is -63.4. The van der Waals surface area contributed by atoms with Crippen LogP contribution in [0.1, 0.15) is 127 Å². The predicted molar refractivity (Wildman–Crippen MR) is 391 cm³/mol. The lowest BCUT2D eigenvalue weighted by Crippen LogP contribution is -2.68. The largest absolute Gasteiger partial charge is 0.432 e. The summed E-state index contributed by atoms with van der Waals surface area (Å²) >= 11 is 0. The number of carbonyl (C=O) groups is 1. The molecule has 13 rings (SSSR count). The van der Waals surface area contributed by atoms with Gasteiger partial charge in [-0.05, 0) is 124 Å². The normalized spacial score (nSPS) is 55.3. The molecule has 5 aliphatic carbocycles. The molecule has 0 radical (unpaired) electrons. The first-order valence-corrected chi connectivity index (χ1v) is 41.6. The monoisotopic (exact) mass is 1720 g/mol. The van der Waals surface area contributed by atoms with E-state index in [9.17, 15) is 123 Å². The van der Waals surface area contributed by atoms with Gasteiger partial charge in [0.25, 0.3) is 0 Å². The van der Waals surface area contributed by atoms with Crippen LogP contribution < -0.4 is 0 Å². The number of hydrogen-bond donors (Lipinski definition) is 24. The van der Waals surface area contributed by atoms with Gasteiger partial charge in [0.2, 0.25) is 6.29 Å². The Hall–Kier alpha value is -2.35. The number of fused-ring (bicyclic) bond motifs is 7. The molecule has 0 spiro atoms. The summed E-state index contributed by atoms with van der Waals surface area (Å²) in [6.45, 7) is 12.5. The number of rotatable bonds is 22. The van der Waals surface area contributed by atoms with Gasteiger partial charge in [0.05, 0.1) is 69.5 Å².